The van der Waals surface area contributed by atoms with E-state index in [2.05, 4.69) is 34.7 Å². The maximum atomic E-state index is 12.7. The summed E-state index contributed by atoms with van der Waals surface area (Å²) in [6, 6.07) is 8.67. The molecular weight excluding hydrogens is 302 g/mol. The first kappa shape index (κ1) is 17.0. The van der Waals surface area contributed by atoms with Crippen molar-refractivity contribution in [3.63, 3.8) is 0 Å². The van der Waals surface area contributed by atoms with Crippen molar-refractivity contribution < 1.29 is 9.53 Å². The van der Waals surface area contributed by atoms with E-state index >= 15 is 0 Å². The van der Waals surface area contributed by atoms with E-state index in [0.717, 1.165) is 38.3 Å². The Morgan fingerprint density at radius 2 is 1.92 bits per heavy atom. The normalized spacial score (nSPS) is 17.4. The summed E-state index contributed by atoms with van der Waals surface area (Å²) in [5.41, 5.74) is 2.30. The van der Waals surface area contributed by atoms with Crippen molar-refractivity contribution >= 4 is 16.8 Å². The van der Waals surface area contributed by atoms with E-state index in [1.54, 1.807) is 7.11 Å². The van der Waals surface area contributed by atoms with Crippen LogP contribution in [0.1, 0.15) is 12.5 Å². The molecule has 1 aliphatic heterocycles. The zero-order valence-electron chi connectivity index (χ0n) is 14.9. The number of fused-ring (bicyclic) bond motifs is 1. The van der Waals surface area contributed by atoms with E-state index < -0.39 is 0 Å². The van der Waals surface area contributed by atoms with Gasteiger partial charge in [0.15, 0.2) is 0 Å². The van der Waals surface area contributed by atoms with Crippen LogP contribution in [-0.2, 0) is 23.0 Å². The number of carbonyl (C=O) groups is 1. The Morgan fingerprint density at radius 3 is 2.62 bits per heavy atom. The number of para-hydroxylation sites is 1. The molecule has 0 radical (unpaired) electrons. The highest BCUT2D eigenvalue weighted by Gasteiger charge is 2.24. The summed E-state index contributed by atoms with van der Waals surface area (Å²) in [7, 11) is 3.77. The van der Waals surface area contributed by atoms with Crippen LogP contribution in [0.15, 0.2) is 30.5 Å². The second-order valence-corrected chi connectivity index (χ2v) is 6.68. The van der Waals surface area contributed by atoms with Gasteiger partial charge in [0.2, 0.25) is 5.91 Å². The van der Waals surface area contributed by atoms with Crippen LogP contribution in [0, 0.1) is 0 Å². The van der Waals surface area contributed by atoms with Crippen LogP contribution in [0.5, 0.6) is 0 Å². The predicted molar refractivity (Wildman–Crippen MR) is 96.1 cm³/mol. The molecule has 0 saturated carbocycles. The second kappa shape index (κ2) is 7.36. The van der Waals surface area contributed by atoms with Crippen molar-refractivity contribution in [3.8, 4) is 0 Å². The van der Waals surface area contributed by atoms with Gasteiger partial charge in [-0.15, -0.1) is 0 Å². The van der Waals surface area contributed by atoms with Crippen LogP contribution in [0.2, 0.25) is 0 Å². The molecule has 3 rings (SSSR count). The Hall–Kier alpha value is -1.85. The minimum Gasteiger partial charge on any atom is -0.383 e. The van der Waals surface area contributed by atoms with Crippen LogP contribution in [-0.4, -0.2) is 66.2 Å². The summed E-state index contributed by atoms with van der Waals surface area (Å²) >= 11 is 0. The molecule has 130 valence electrons. The van der Waals surface area contributed by atoms with Crippen molar-refractivity contribution in [1.82, 2.24) is 14.4 Å². The number of hydrogen-bond donors (Lipinski definition) is 0. The Labute approximate surface area is 143 Å². The van der Waals surface area contributed by atoms with Gasteiger partial charge < -0.3 is 14.2 Å². The van der Waals surface area contributed by atoms with E-state index in [-0.39, 0.29) is 5.91 Å². The number of carbonyl (C=O) groups excluding carboxylic acids is 1. The molecule has 1 saturated heterocycles. The van der Waals surface area contributed by atoms with Gasteiger partial charge in [0.25, 0.3) is 0 Å². The lowest BCUT2D eigenvalue weighted by Gasteiger charge is -2.37. The van der Waals surface area contributed by atoms with Gasteiger partial charge in [-0.25, -0.2) is 0 Å². The molecule has 0 spiro atoms. The van der Waals surface area contributed by atoms with Crippen molar-refractivity contribution in [3.05, 3.63) is 36.0 Å². The fourth-order valence-corrected chi connectivity index (χ4v) is 3.60. The summed E-state index contributed by atoms with van der Waals surface area (Å²) < 4.78 is 7.33. The first-order chi connectivity index (χ1) is 11.6. The summed E-state index contributed by atoms with van der Waals surface area (Å²) in [5, 5.41) is 1.18. The summed E-state index contributed by atoms with van der Waals surface area (Å²) in [6.45, 7) is 6.37. The summed E-state index contributed by atoms with van der Waals surface area (Å²) in [6.07, 6.45) is 2.56. The third kappa shape index (κ3) is 3.47. The number of methoxy groups -OCH3 is 1. The maximum absolute atomic E-state index is 12.7. The zero-order valence-corrected chi connectivity index (χ0v) is 14.9. The third-order valence-corrected chi connectivity index (χ3v) is 5.02. The molecular formula is C19H27N3O2. The van der Waals surface area contributed by atoms with Gasteiger partial charge in [-0.05, 0) is 18.6 Å². The largest absolute Gasteiger partial charge is 0.383 e. The highest BCUT2D eigenvalue weighted by molar-refractivity contribution is 5.89. The molecule has 1 fully saturated rings. The van der Waals surface area contributed by atoms with Crippen LogP contribution in [0.3, 0.4) is 0 Å². The molecule has 0 N–H and O–H groups in total. The molecule has 1 atom stereocenters. The number of hydrogen-bond acceptors (Lipinski definition) is 3. The SMILES string of the molecule is COC[C@H](C)N1CCN(C(=O)Cc2cn(C)c3ccccc23)CC1. The van der Waals surface area contributed by atoms with E-state index in [1.165, 1.54) is 10.9 Å². The predicted octanol–water partition coefficient (Wildman–Crippen LogP) is 1.90. The second-order valence-electron chi connectivity index (χ2n) is 6.68. The highest BCUT2D eigenvalue weighted by atomic mass is 16.5. The van der Waals surface area contributed by atoms with Gasteiger partial charge in [0, 0.05) is 63.5 Å². The lowest BCUT2D eigenvalue weighted by atomic mass is 10.1. The topological polar surface area (TPSA) is 37.7 Å². The molecule has 0 unspecified atom stereocenters. The third-order valence-electron chi connectivity index (χ3n) is 5.02. The summed E-state index contributed by atoms with van der Waals surface area (Å²) in [4.78, 5) is 17.1. The number of amides is 1. The van der Waals surface area contributed by atoms with Gasteiger partial charge in [-0.1, -0.05) is 18.2 Å². The van der Waals surface area contributed by atoms with Gasteiger partial charge in [-0.3, -0.25) is 9.69 Å². The number of aromatic nitrogens is 1. The molecule has 5 nitrogen and oxygen atoms in total. The zero-order chi connectivity index (χ0) is 17.1. The van der Waals surface area contributed by atoms with Crippen molar-refractivity contribution in [2.45, 2.75) is 19.4 Å². The molecule has 24 heavy (non-hydrogen) atoms. The highest BCUT2D eigenvalue weighted by Crippen LogP contribution is 2.21. The van der Waals surface area contributed by atoms with Crippen LogP contribution >= 0.6 is 0 Å². The maximum Gasteiger partial charge on any atom is 0.227 e. The average Bonchev–Trinajstić information content (AvgIpc) is 2.91. The first-order valence-corrected chi connectivity index (χ1v) is 8.64. The van der Waals surface area contributed by atoms with Gasteiger partial charge in [-0.2, -0.15) is 0 Å². The summed E-state index contributed by atoms with van der Waals surface area (Å²) in [5.74, 6) is 0.227. The smallest absolute Gasteiger partial charge is 0.227 e. The van der Waals surface area contributed by atoms with E-state index in [0.29, 0.717) is 12.5 Å². The van der Waals surface area contributed by atoms with E-state index in [4.69, 9.17) is 4.74 Å². The fraction of sp³-hybridized carbons (Fsp3) is 0.526. The Bertz CT molecular complexity index is 702. The number of ether oxygens (including phenoxy) is 1. The molecule has 1 aromatic heterocycles. The molecule has 2 heterocycles. The molecule has 0 bridgehead atoms. The quantitative estimate of drug-likeness (QED) is 0.841. The van der Waals surface area contributed by atoms with Crippen molar-refractivity contribution in [2.24, 2.45) is 7.05 Å². The standard InChI is InChI=1S/C19H27N3O2/c1-15(14-24-3)21-8-10-22(11-9-21)19(23)12-16-13-20(2)18-7-5-4-6-17(16)18/h4-7,13,15H,8-12,14H2,1-3H3/t15-/m0/s1. The molecule has 1 amide bonds. The van der Waals surface area contributed by atoms with Crippen molar-refractivity contribution in [1.29, 1.82) is 0 Å². The van der Waals surface area contributed by atoms with E-state index in [1.807, 2.05) is 24.1 Å². The average molecular weight is 329 g/mol. The first-order valence-electron chi connectivity index (χ1n) is 8.64. The lowest BCUT2D eigenvalue weighted by Crippen LogP contribution is -2.52. The van der Waals surface area contributed by atoms with Gasteiger partial charge in [0.05, 0.1) is 13.0 Å². The van der Waals surface area contributed by atoms with E-state index in [9.17, 15) is 4.79 Å². The minimum atomic E-state index is 0.227. The van der Waals surface area contributed by atoms with Crippen LogP contribution < -0.4 is 0 Å². The number of piperazine rings is 1. The van der Waals surface area contributed by atoms with Crippen LogP contribution in [0.4, 0.5) is 0 Å². The molecule has 1 aliphatic rings. The van der Waals surface area contributed by atoms with Crippen molar-refractivity contribution in [2.75, 3.05) is 39.9 Å². The van der Waals surface area contributed by atoms with Gasteiger partial charge >= 0.3 is 0 Å². The fourth-order valence-electron chi connectivity index (χ4n) is 3.60. The Balaban J connectivity index is 1.62. The lowest BCUT2D eigenvalue weighted by molar-refractivity contribution is -0.132. The molecule has 1 aromatic carbocycles. The number of rotatable bonds is 5. The molecule has 5 heteroatoms. The Morgan fingerprint density at radius 1 is 1.21 bits per heavy atom. The monoisotopic (exact) mass is 329 g/mol. The minimum absolute atomic E-state index is 0.227. The number of nitrogens with zero attached hydrogens (tertiary/aromatic N) is 3. The molecule has 2 aromatic rings. The molecule has 0 aliphatic carbocycles. The Kier molecular flexibility index (Phi) is 5.21. The number of benzene rings is 1. The number of aryl methyl sites for hydroxylation is 1. The van der Waals surface area contributed by atoms with Gasteiger partial charge in [0.1, 0.15) is 0 Å². The van der Waals surface area contributed by atoms with Crippen LogP contribution in [0.25, 0.3) is 10.9 Å².